The first-order valence-corrected chi connectivity index (χ1v) is 8.75. The van der Waals surface area contributed by atoms with Crippen LogP contribution < -0.4 is 9.47 Å². The van der Waals surface area contributed by atoms with Crippen LogP contribution in [0.5, 0.6) is 11.8 Å². The summed E-state index contributed by atoms with van der Waals surface area (Å²) in [4.78, 5) is 23.0. The van der Waals surface area contributed by atoms with Gasteiger partial charge in [-0.2, -0.15) is 4.98 Å². The minimum absolute atomic E-state index is 0.0000218. The van der Waals surface area contributed by atoms with Gasteiger partial charge in [0.2, 0.25) is 11.8 Å². The van der Waals surface area contributed by atoms with Crippen LogP contribution in [0.15, 0.2) is 36.7 Å². The molecule has 7 nitrogen and oxygen atoms in total. The molecule has 2 aromatic rings. The number of methoxy groups -OCH3 is 1. The Morgan fingerprint density at radius 2 is 2.12 bits per heavy atom. The highest BCUT2D eigenvalue weighted by Crippen LogP contribution is 2.30. The summed E-state index contributed by atoms with van der Waals surface area (Å²) in [6.45, 7) is 1.73. The maximum Gasteiger partial charge on any atom is 0.256 e. The van der Waals surface area contributed by atoms with E-state index in [9.17, 15) is 4.79 Å². The van der Waals surface area contributed by atoms with E-state index in [1.165, 1.54) is 18.9 Å². The van der Waals surface area contributed by atoms with Crippen LogP contribution in [0.2, 0.25) is 0 Å². The number of carbonyl (C=O) groups excluding carboxylic acids is 1. The Kier molecular flexibility index (Phi) is 4.71. The summed E-state index contributed by atoms with van der Waals surface area (Å²) in [6.07, 6.45) is 4.04. The molecule has 1 aromatic heterocycles. The average Bonchev–Trinajstić information content (AvgIpc) is 3.15. The van der Waals surface area contributed by atoms with E-state index in [-0.39, 0.29) is 12.0 Å². The van der Waals surface area contributed by atoms with Crippen LogP contribution in [-0.4, -0.2) is 53.7 Å². The van der Waals surface area contributed by atoms with Gasteiger partial charge in [-0.25, -0.2) is 0 Å². The molecule has 2 unspecified atom stereocenters. The van der Waals surface area contributed by atoms with Gasteiger partial charge < -0.3 is 19.1 Å². The van der Waals surface area contributed by atoms with E-state index >= 15 is 0 Å². The van der Waals surface area contributed by atoms with Crippen molar-refractivity contribution in [3.8, 4) is 11.8 Å². The number of likely N-dealkylation sites (tertiary alicyclic amines) is 1. The second-order valence-electron chi connectivity index (χ2n) is 6.41. The number of rotatable bonds is 4. The summed E-state index contributed by atoms with van der Waals surface area (Å²) in [5.41, 5.74) is 2.17. The average molecular weight is 355 g/mol. The van der Waals surface area contributed by atoms with Gasteiger partial charge in [0, 0.05) is 13.0 Å². The highest BCUT2D eigenvalue weighted by atomic mass is 16.5. The molecule has 0 saturated carbocycles. The fourth-order valence-corrected chi connectivity index (χ4v) is 3.45. The lowest BCUT2D eigenvalue weighted by Gasteiger charge is -2.28. The summed E-state index contributed by atoms with van der Waals surface area (Å²) in [5.74, 6) is 0.809. The van der Waals surface area contributed by atoms with Gasteiger partial charge in [-0.3, -0.25) is 9.78 Å². The lowest BCUT2D eigenvalue weighted by atomic mass is 9.97. The largest absolute Gasteiger partial charge is 0.480 e. The zero-order chi connectivity index (χ0) is 17.9. The van der Waals surface area contributed by atoms with Crippen LogP contribution in [0.1, 0.15) is 23.7 Å². The van der Waals surface area contributed by atoms with Crippen molar-refractivity contribution in [1.29, 1.82) is 0 Å². The summed E-state index contributed by atoms with van der Waals surface area (Å²) in [7, 11) is 1.53. The van der Waals surface area contributed by atoms with E-state index in [1.54, 1.807) is 6.20 Å². The number of fused-ring (bicyclic) bond motifs is 1. The standard InChI is InChI=1S/C19H21N3O4/c1-24-16-10-20-11-17(21-16)26-14-6-8-22(12-14)19(23)18-15-5-3-2-4-13(15)7-9-25-18/h2-5,10-11,14,18H,6-9,12H2,1H3. The SMILES string of the molecule is COc1cncc(OC2CCN(C(=O)C3OCCc4ccccc43)C2)n1. The Morgan fingerprint density at radius 3 is 3.00 bits per heavy atom. The Hall–Kier alpha value is -2.67. The molecule has 1 fully saturated rings. The number of benzene rings is 1. The fraction of sp³-hybridized carbons (Fsp3) is 0.421. The molecule has 2 atom stereocenters. The second kappa shape index (κ2) is 7.29. The first-order chi connectivity index (χ1) is 12.7. The molecule has 136 valence electrons. The van der Waals surface area contributed by atoms with Gasteiger partial charge in [0.25, 0.3) is 5.91 Å². The maximum atomic E-state index is 13.0. The van der Waals surface area contributed by atoms with Gasteiger partial charge in [0.1, 0.15) is 6.10 Å². The number of hydrogen-bond acceptors (Lipinski definition) is 6. The second-order valence-corrected chi connectivity index (χ2v) is 6.41. The molecule has 3 heterocycles. The molecule has 0 bridgehead atoms. The summed E-state index contributed by atoms with van der Waals surface area (Å²) >= 11 is 0. The summed E-state index contributed by atoms with van der Waals surface area (Å²) in [5, 5.41) is 0. The highest BCUT2D eigenvalue weighted by molar-refractivity contribution is 5.83. The molecule has 4 rings (SSSR count). The number of amides is 1. The highest BCUT2D eigenvalue weighted by Gasteiger charge is 2.35. The van der Waals surface area contributed by atoms with Crippen molar-refractivity contribution in [3.63, 3.8) is 0 Å². The molecule has 2 aliphatic rings. The minimum Gasteiger partial charge on any atom is -0.480 e. The van der Waals surface area contributed by atoms with Gasteiger partial charge in [-0.1, -0.05) is 24.3 Å². The normalized spacial score (nSPS) is 22.0. The van der Waals surface area contributed by atoms with Crippen molar-refractivity contribution < 1.29 is 19.0 Å². The lowest BCUT2D eigenvalue weighted by molar-refractivity contribution is -0.144. The number of carbonyl (C=O) groups is 1. The molecule has 1 aromatic carbocycles. The van der Waals surface area contributed by atoms with Gasteiger partial charge >= 0.3 is 0 Å². The predicted octanol–water partition coefficient (Wildman–Crippen LogP) is 1.78. The van der Waals surface area contributed by atoms with Gasteiger partial charge in [0.05, 0.1) is 32.7 Å². The number of nitrogens with zero attached hydrogens (tertiary/aromatic N) is 3. The quantitative estimate of drug-likeness (QED) is 0.832. The Balaban J connectivity index is 1.42. The van der Waals surface area contributed by atoms with Gasteiger partial charge in [-0.05, 0) is 17.5 Å². The van der Waals surface area contributed by atoms with Crippen LogP contribution in [0.3, 0.4) is 0 Å². The Bertz CT molecular complexity index is 798. The molecule has 2 aliphatic heterocycles. The molecule has 0 radical (unpaired) electrons. The van der Waals surface area contributed by atoms with Crippen LogP contribution in [0.4, 0.5) is 0 Å². The molecular weight excluding hydrogens is 334 g/mol. The summed E-state index contributed by atoms with van der Waals surface area (Å²) in [6, 6.07) is 7.99. The van der Waals surface area contributed by atoms with Crippen molar-refractivity contribution in [2.24, 2.45) is 0 Å². The molecule has 0 spiro atoms. The molecule has 1 amide bonds. The molecule has 26 heavy (non-hydrogen) atoms. The molecule has 7 heteroatoms. The van der Waals surface area contributed by atoms with Crippen LogP contribution >= 0.6 is 0 Å². The Morgan fingerprint density at radius 1 is 1.27 bits per heavy atom. The van der Waals surface area contributed by atoms with E-state index in [0.29, 0.717) is 31.5 Å². The lowest BCUT2D eigenvalue weighted by Crippen LogP contribution is -2.37. The van der Waals surface area contributed by atoms with Crippen molar-refractivity contribution in [1.82, 2.24) is 14.9 Å². The van der Waals surface area contributed by atoms with E-state index < -0.39 is 6.10 Å². The van der Waals surface area contributed by atoms with E-state index in [2.05, 4.69) is 16.0 Å². The van der Waals surface area contributed by atoms with Gasteiger partial charge in [-0.15, -0.1) is 0 Å². The monoisotopic (exact) mass is 355 g/mol. The third kappa shape index (κ3) is 3.35. The van der Waals surface area contributed by atoms with E-state index in [0.717, 1.165) is 18.4 Å². The molecular formula is C19H21N3O4. The van der Waals surface area contributed by atoms with Crippen LogP contribution in [-0.2, 0) is 16.0 Å². The predicted molar refractivity (Wildman–Crippen MR) is 93.0 cm³/mol. The minimum atomic E-state index is -0.518. The van der Waals surface area contributed by atoms with E-state index in [1.807, 2.05) is 23.1 Å². The maximum absolute atomic E-state index is 13.0. The number of ether oxygens (including phenoxy) is 3. The third-order valence-electron chi connectivity index (χ3n) is 4.76. The molecule has 1 saturated heterocycles. The van der Waals surface area contributed by atoms with Crippen molar-refractivity contribution in [2.45, 2.75) is 25.0 Å². The smallest absolute Gasteiger partial charge is 0.256 e. The van der Waals surface area contributed by atoms with Crippen molar-refractivity contribution in [3.05, 3.63) is 47.8 Å². The molecule has 0 aliphatic carbocycles. The first-order valence-electron chi connectivity index (χ1n) is 8.75. The fourth-order valence-electron chi connectivity index (χ4n) is 3.45. The van der Waals surface area contributed by atoms with Gasteiger partial charge in [0.15, 0.2) is 6.10 Å². The van der Waals surface area contributed by atoms with Crippen LogP contribution in [0, 0.1) is 0 Å². The first kappa shape index (κ1) is 16.8. The zero-order valence-electron chi connectivity index (χ0n) is 14.6. The van der Waals surface area contributed by atoms with Crippen LogP contribution in [0.25, 0.3) is 0 Å². The van der Waals surface area contributed by atoms with E-state index in [4.69, 9.17) is 14.2 Å². The third-order valence-corrected chi connectivity index (χ3v) is 4.76. The number of aromatic nitrogens is 2. The Labute approximate surface area is 151 Å². The number of hydrogen-bond donors (Lipinski definition) is 0. The van der Waals surface area contributed by atoms with Crippen molar-refractivity contribution in [2.75, 3.05) is 26.8 Å². The summed E-state index contributed by atoms with van der Waals surface area (Å²) < 4.78 is 16.7. The zero-order valence-corrected chi connectivity index (χ0v) is 14.6. The molecule has 0 N–H and O–H groups in total. The van der Waals surface area contributed by atoms with Crippen molar-refractivity contribution >= 4 is 5.91 Å². The topological polar surface area (TPSA) is 73.8 Å².